The van der Waals surface area contributed by atoms with Crippen LogP contribution in [0.2, 0.25) is 0 Å². The largest absolute Gasteiger partial charge is 0.352 e. The van der Waals surface area contributed by atoms with Crippen molar-refractivity contribution in [1.82, 2.24) is 9.88 Å². The Hall–Kier alpha value is -1.06. The molecule has 0 saturated heterocycles. The summed E-state index contributed by atoms with van der Waals surface area (Å²) in [6.07, 6.45) is 0. The number of rotatable bonds is 4. The summed E-state index contributed by atoms with van der Waals surface area (Å²) in [7, 11) is 2.11. The van der Waals surface area contributed by atoms with Crippen LogP contribution in [0, 0.1) is 13.8 Å². The summed E-state index contributed by atoms with van der Waals surface area (Å²) in [4.78, 5) is 0. The van der Waals surface area contributed by atoms with E-state index < -0.39 is 0 Å². The van der Waals surface area contributed by atoms with E-state index in [2.05, 4.69) is 77.0 Å². The number of hydrogen-bond donors (Lipinski definition) is 1. The van der Waals surface area contributed by atoms with Crippen molar-refractivity contribution >= 4 is 15.9 Å². The van der Waals surface area contributed by atoms with Crippen molar-refractivity contribution in [3.63, 3.8) is 0 Å². The smallest absolute Gasteiger partial charge is 0.0226 e. The number of hydrogen-bond acceptors (Lipinski definition) is 1. The molecule has 3 heteroatoms. The zero-order chi connectivity index (χ0) is 13.1. The van der Waals surface area contributed by atoms with Crippen LogP contribution in [0.1, 0.15) is 22.5 Å². The first kappa shape index (κ1) is 13.4. The van der Waals surface area contributed by atoms with E-state index >= 15 is 0 Å². The van der Waals surface area contributed by atoms with Crippen molar-refractivity contribution in [1.29, 1.82) is 0 Å². The predicted octanol–water partition coefficient (Wildman–Crippen LogP) is 3.69. The van der Waals surface area contributed by atoms with Gasteiger partial charge in [-0.2, -0.15) is 0 Å². The average molecular weight is 307 g/mol. The van der Waals surface area contributed by atoms with Crippen molar-refractivity contribution in [2.45, 2.75) is 26.9 Å². The van der Waals surface area contributed by atoms with Gasteiger partial charge < -0.3 is 9.88 Å². The van der Waals surface area contributed by atoms with Gasteiger partial charge in [0.15, 0.2) is 0 Å². The van der Waals surface area contributed by atoms with Gasteiger partial charge in [-0.25, -0.2) is 0 Å². The minimum absolute atomic E-state index is 0.903. The number of nitrogens with zero attached hydrogens (tertiary/aromatic N) is 1. The molecule has 2 nitrogen and oxygen atoms in total. The van der Waals surface area contributed by atoms with Gasteiger partial charge in [-0.05, 0) is 43.2 Å². The third-order valence-corrected chi connectivity index (χ3v) is 3.97. The first-order chi connectivity index (χ1) is 8.58. The summed E-state index contributed by atoms with van der Waals surface area (Å²) in [5.74, 6) is 0. The summed E-state index contributed by atoms with van der Waals surface area (Å²) >= 11 is 3.45. The Bertz CT molecular complexity index is 526. The normalized spacial score (nSPS) is 10.9. The Morgan fingerprint density at radius 1 is 1.11 bits per heavy atom. The molecule has 0 saturated carbocycles. The molecule has 0 unspecified atom stereocenters. The van der Waals surface area contributed by atoms with Crippen LogP contribution in [0.3, 0.4) is 0 Å². The molecule has 1 heterocycles. The molecule has 0 bridgehead atoms. The molecular weight excluding hydrogens is 288 g/mol. The van der Waals surface area contributed by atoms with E-state index in [4.69, 9.17) is 0 Å². The molecule has 0 amide bonds. The van der Waals surface area contributed by atoms with Gasteiger partial charge in [-0.3, -0.25) is 0 Å². The van der Waals surface area contributed by atoms with Gasteiger partial charge in [-0.15, -0.1) is 0 Å². The molecule has 0 aliphatic rings. The van der Waals surface area contributed by atoms with Crippen LogP contribution in [0.15, 0.2) is 34.8 Å². The minimum Gasteiger partial charge on any atom is -0.352 e. The van der Waals surface area contributed by atoms with Crippen LogP contribution in [-0.2, 0) is 20.1 Å². The molecule has 0 aliphatic carbocycles. The SMILES string of the molecule is Cc1cc(CNCc2ccc(Br)cc2)c(C)n1C. The summed E-state index contributed by atoms with van der Waals surface area (Å²) in [6.45, 7) is 6.14. The number of aromatic nitrogens is 1. The van der Waals surface area contributed by atoms with E-state index in [9.17, 15) is 0 Å². The molecule has 1 aromatic carbocycles. The van der Waals surface area contributed by atoms with Crippen molar-refractivity contribution in [3.8, 4) is 0 Å². The predicted molar refractivity (Wildman–Crippen MR) is 79.6 cm³/mol. The van der Waals surface area contributed by atoms with Crippen molar-refractivity contribution in [2.75, 3.05) is 0 Å². The average Bonchev–Trinajstić information content (AvgIpc) is 2.60. The molecule has 96 valence electrons. The molecule has 1 N–H and O–H groups in total. The lowest BCUT2D eigenvalue weighted by Gasteiger charge is -2.06. The summed E-state index contributed by atoms with van der Waals surface area (Å²) in [5, 5.41) is 3.49. The number of halogens is 1. The maximum atomic E-state index is 3.49. The van der Waals surface area contributed by atoms with E-state index in [0.717, 1.165) is 17.6 Å². The molecule has 2 rings (SSSR count). The van der Waals surface area contributed by atoms with Gasteiger partial charge >= 0.3 is 0 Å². The van der Waals surface area contributed by atoms with Gasteiger partial charge in [0.25, 0.3) is 0 Å². The number of aryl methyl sites for hydroxylation is 1. The van der Waals surface area contributed by atoms with Gasteiger partial charge in [0.2, 0.25) is 0 Å². The Labute approximate surface area is 117 Å². The Morgan fingerprint density at radius 2 is 1.78 bits per heavy atom. The Kier molecular flexibility index (Phi) is 4.25. The van der Waals surface area contributed by atoms with Crippen LogP contribution in [0.4, 0.5) is 0 Å². The first-order valence-electron chi connectivity index (χ1n) is 6.15. The highest BCUT2D eigenvalue weighted by atomic mass is 79.9. The van der Waals surface area contributed by atoms with E-state index in [0.29, 0.717) is 0 Å². The maximum Gasteiger partial charge on any atom is 0.0226 e. The summed E-state index contributed by atoms with van der Waals surface area (Å²) in [5.41, 5.74) is 5.35. The van der Waals surface area contributed by atoms with Crippen molar-refractivity contribution in [3.05, 3.63) is 57.3 Å². The standard InChI is InChI=1S/C15H19BrN2/c1-11-8-14(12(2)18(11)3)10-17-9-13-4-6-15(16)7-5-13/h4-8,17H,9-10H2,1-3H3. The monoisotopic (exact) mass is 306 g/mol. The highest BCUT2D eigenvalue weighted by Gasteiger charge is 2.05. The molecule has 0 fully saturated rings. The third-order valence-electron chi connectivity index (χ3n) is 3.44. The molecule has 0 aliphatic heterocycles. The van der Waals surface area contributed by atoms with Crippen LogP contribution in [0.25, 0.3) is 0 Å². The Balaban J connectivity index is 1.92. The molecule has 2 aromatic rings. The van der Waals surface area contributed by atoms with E-state index in [1.54, 1.807) is 0 Å². The number of benzene rings is 1. The van der Waals surface area contributed by atoms with E-state index in [1.165, 1.54) is 22.5 Å². The maximum absolute atomic E-state index is 3.49. The molecule has 1 aromatic heterocycles. The molecule has 0 atom stereocenters. The van der Waals surface area contributed by atoms with E-state index in [1.807, 2.05) is 0 Å². The quantitative estimate of drug-likeness (QED) is 0.911. The second kappa shape index (κ2) is 5.72. The molecule has 0 spiro atoms. The first-order valence-corrected chi connectivity index (χ1v) is 6.94. The third kappa shape index (κ3) is 3.03. The lowest BCUT2D eigenvalue weighted by Crippen LogP contribution is -2.13. The Morgan fingerprint density at radius 3 is 2.33 bits per heavy atom. The van der Waals surface area contributed by atoms with Gasteiger partial charge in [0.05, 0.1) is 0 Å². The summed E-state index contributed by atoms with van der Waals surface area (Å²) < 4.78 is 3.36. The second-order valence-corrected chi connectivity index (χ2v) is 5.60. The van der Waals surface area contributed by atoms with Crippen LogP contribution in [-0.4, -0.2) is 4.57 Å². The minimum atomic E-state index is 0.903. The van der Waals surface area contributed by atoms with Crippen molar-refractivity contribution in [2.24, 2.45) is 7.05 Å². The summed E-state index contributed by atoms with van der Waals surface area (Å²) in [6, 6.07) is 10.7. The van der Waals surface area contributed by atoms with Gasteiger partial charge in [0, 0.05) is 36.0 Å². The molecular formula is C15H19BrN2. The fraction of sp³-hybridized carbons (Fsp3) is 0.333. The topological polar surface area (TPSA) is 17.0 Å². The van der Waals surface area contributed by atoms with E-state index in [-0.39, 0.29) is 0 Å². The van der Waals surface area contributed by atoms with Crippen LogP contribution in [0.5, 0.6) is 0 Å². The van der Waals surface area contributed by atoms with Crippen LogP contribution >= 0.6 is 15.9 Å². The van der Waals surface area contributed by atoms with Crippen LogP contribution < -0.4 is 5.32 Å². The highest BCUT2D eigenvalue weighted by Crippen LogP contribution is 2.13. The lowest BCUT2D eigenvalue weighted by atomic mass is 10.2. The lowest BCUT2D eigenvalue weighted by molar-refractivity contribution is 0.687. The van der Waals surface area contributed by atoms with Crippen molar-refractivity contribution < 1.29 is 0 Å². The van der Waals surface area contributed by atoms with Gasteiger partial charge in [0.1, 0.15) is 0 Å². The zero-order valence-corrected chi connectivity index (χ0v) is 12.7. The van der Waals surface area contributed by atoms with Gasteiger partial charge in [-0.1, -0.05) is 28.1 Å². The zero-order valence-electron chi connectivity index (χ0n) is 11.1. The number of nitrogens with one attached hydrogen (secondary N) is 1. The fourth-order valence-electron chi connectivity index (χ4n) is 2.06. The second-order valence-electron chi connectivity index (χ2n) is 4.69. The fourth-order valence-corrected chi connectivity index (χ4v) is 2.32. The molecule has 0 radical (unpaired) electrons. The highest BCUT2D eigenvalue weighted by molar-refractivity contribution is 9.10. The molecule has 18 heavy (non-hydrogen) atoms.